The van der Waals surface area contributed by atoms with E-state index in [0.717, 1.165) is 29.4 Å². The largest absolute Gasteiger partial charge is 0.481 e. The van der Waals surface area contributed by atoms with Gasteiger partial charge in [-0.15, -0.1) is 10.2 Å². The predicted octanol–water partition coefficient (Wildman–Crippen LogP) is 3.01. The van der Waals surface area contributed by atoms with E-state index in [0.29, 0.717) is 11.8 Å². The lowest BCUT2D eigenvalue weighted by Gasteiger charge is -2.22. The van der Waals surface area contributed by atoms with Gasteiger partial charge in [-0.05, 0) is 37.0 Å². The first-order valence-electron chi connectivity index (χ1n) is 7.82. The van der Waals surface area contributed by atoms with E-state index in [9.17, 15) is 4.79 Å². The third-order valence-electron chi connectivity index (χ3n) is 4.69. The molecule has 1 heterocycles. The number of hydrogen-bond acceptors (Lipinski definition) is 4. The van der Waals surface area contributed by atoms with Crippen molar-refractivity contribution in [3.05, 3.63) is 5.82 Å². The lowest BCUT2D eigenvalue weighted by Crippen LogP contribution is -2.17. The summed E-state index contributed by atoms with van der Waals surface area (Å²) in [4.78, 5) is 10.8. The van der Waals surface area contributed by atoms with Gasteiger partial charge in [-0.3, -0.25) is 4.79 Å². The zero-order chi connectivity index (χ0) is 15.0. The fourth-order valence-electron chi connectivity index (χ4n) is 3.91. The number of nitrogens with zero attached hydrogens (tertiary/aromatic N) is 3. The maximum Gasteiger partial charge on any atom is 0.313 e. The molecule has 0 spiro atoms. The number of fused-ring (bicyclic) bond motifs is 2. The highest BCUT2D eigenvalue weighted by atomic mass is 32.2. The van der Waals surface area contributed by atoms with Crippen molar-refractivity contribution in [1.29, 1.82) is 0 Å². The van der Waals surface area contributed by atoms with E-state index >= 15 is 0 Å². The Kier molecular flexibility index (Phi) is 4.24. The minimum Gasteiger partial charge on any atom is -0.481 e. The standard InChI is InChI=1S/C15H23N3O2S/c1-9(2)7-18-14(12-6-10-3-4-11(12)5-10)16-17-15(18)21-8-13(19)20/h9-12H,3-8H2,1-2H3,(H,19,20). The van der Waals surface area contributed by atoms with Crippen molar-refractivity contribution in [3.8, 4) is 0 Å². The van der Waals surface area contributed by atoms with Crippen LogP contribution < -0.4 is 0 Å². The molecule has 5 nitrogen and oxygen atoms in total. The zero-order valence-corrected chi connectivity index (χ0v) is 13.5. The van der Waals surface area contributed by atoms with Crippen LogP contribution in [0.15, 0.2) is 5.16 Å². The fourth-order valence-corrected chi connectivity index (χ4v) is 4.58. The van der Waals surface area contributed by atoms with Gasteiger partial charge in [0.25, 0.3) is 0 Å². The monoisotopic (exact) mass is 309 g/mol. The summed E-state index contributed by atoms with van der Waals surface area (Å²) in [6.45, 7) is 5.23. The maximum atomic E-state index is 10.8. The minimum atomic E-state index is -0.805. The molecule has 0 aliphatic heterocycles. The molecule has 1 aromatic heterocycles. The fraction of sp³-hybridized carbons (Fsp3) is 0.800. The number of aliphatic carboxylic acids is 1. The molecule has 0 saturated heterocycles. The van der Waals surface area contributed by atoms with E-state index in [2.05, 4.69) is 28.6 Å². The zero-order valence-electron chi connectivity index (χ0n) is 12.7. The van der Waals surface area contributed by atoms with E-state index in [1.165, 1.54) is 37.4 Å². The molecular weight excluding hydrogens is 286 g/mol. The predicted molar refractivity (Wildman–Crippen MR) is 81.4 cm³/mol. The summed E-state index contributed by atoms with van der Waals surface area (Å²) >= 11 is 1.29. The lowest BCUT2D eigenvalue weighted by molar-refractivity contribution is -0.133. The van der Waals surface area contributed by atoms with Crippen molar-refractivity contribution >= 4 is 17.7 Å². The molecule has 2 fully saturated rings. The van der Waals surface area contributed by atoms with Gasteiger partial charge in [0.2, 0.25) is 0 Å². The minimum absolute atomic E-state index is 0.0486. The molecular formula is C15H23N3O2S. The first kappa shape index (κ1) is 14.9. The van der Waals surface area contributed by atoms with Crippen molar-refractivity contribution in [2.75, 3.05) is 5.75 Å². The maximum absolute atomic E-state index is 10.8. The van der Waals surface area contributed by atoms with Crippen molar-refractivity contribution in [2.24, 2.45) is 17.8 Å². The van der Waals surface area contributed by atoms with E-state index in [1.807, 2.05) is 0 Å². The summed E-state index contributed by atoms with van der Waals surface area (Å²) in [7, 11) is 0. The Morgan fingerprint density at radius 3 is 2.76 bits per heavy atom. The molecule has 1 N–H and O–H groups in total. The van der Waals surface area contributed by atoms with Gasteiger partial charge < -0.3 is 9.67 Å². The van der Waals surface area contributed by atoms with Crippen molar-refractivity contribution in [3.63, 3.8) is 0 Å². The van der Waals surface area contributed by atoms with Gasteiger partial charge in [-0.2, -0.15) is 0 Å². The molecule has 21 heavy (non-hydrogen) atoms. The Labute approximate surface area is 129 Å². The Balaban J connectivity index is 1.83. The van der Waals surface area contributed by atoms with Crippen molar-refractivity contribution in [2.45, 2.75) is 57.1 Å². The van der Waals surface area contributed by atoms with Crippen LogP contribution in [-0.2, 0) is 11.3 Å². The van der Waals surface area contributed by atoms with Crippen molar-refractivity contribution < 1.29 is 9.90 Å². The molecule has 0 radical (unpaired) electrons. The Morgan fingerprint density at radius 1 is 1.38 bits per heavy atom. The van der Waals surface area contributed by atoms with Gasteiger partial charge >= 0.3 is 5.97 Å². The number of carboxylic acid groups (broad SMARTS) is 1. The smallest absolute Gasteiger partial charge is 0.313 e. The first-order valence-corrected chi connectivity index (χ1v) is 8.80. The molecule has 0 aromatic carbocycles. The van der Waals surface area contributed by atoms with Crippen LogP contribution in [0.4, 0.5) is 0 Å². The Hall–Kier alpha value is -1.04. The topological polar surface area (TPSA) is 68.0 Å². The summed E-state index contributed by atoms with van der Waals surface area (Å²) in [5, 5.41) is 18.4. The lowest BCUT2D eigenvalue weighted by atomic mass is 9.88. The highest BCUT2D eigenvalue weighted by Gasteiger charge is 2.42. The molecule has 3 rings (SSSR count). The van der Waals surface area contributed by atoms with Gasteiger partial charge in [0, 0.05) is 12.5 Å². The molecule has 116 valence electrons. The van der Waals surface area contributed by atoms with Gasteiger partial charge in [0.05, 0.1) is 5.75 Å². The van der Waals surface area contributed by atoms with Crippen molar-refractivity contribution in [1.82, 2.24) is 14.8 Å². The van der Waals surface area contributed by atoms with Crippen LogP contribution in [0.5, 0.6) is 0 Å². The van der Waals surface area contributed by atoms with E-state index < -0.39 is 5.97 Å². The van der Waals surface area contributed by atoms with Gasteiger partial charge in [-0.1, -0.05) is 32.0 Å². The van der Waals surface area contributed by atoms with E-state index in [1.54, 1.807) is 0 Å². The summed E-state index contributed by atoms with van der Waals surface area (Å²) < 4.78 is 2.18. The third kappa shape index (κ3) is 3.10. The first-order chi connectivity index (χ1) is 10.0. The molecule has 2 aliphatic carbocycles. The molecule has 2 saturated carbocycles. The third-order valence-corrected chi connectivity index (χ3v) is 5.64. The summed E-state index contributed by atoms with van der Waals surface area (Å²) in [5.41, 5.74) is 0. The number of rotatable bonds is 6. The summed E-state index contributed by atoms with van der Waals surface area (Å²) in [5.74, 6) is 3.02. The molecule has 2 aliphatic rings. The van der Waals surface area contributed by atoms with Gasteiger partial charge in [0.1, 0.15) is 5.82 Å². The highest BCUT2D eigenvalue weighted by molar-refractivity contribution is 7.99. The van der Waals surface area contributed by atoms with E-state index in [-0.39, 0.29) is 5.75 Å². The quantitative estimate of drug-likeness (QED) is 0.818. The highest BCUT2D eigenvalue weighted by Crippen LogP contribution is 2.52. The van der Waals surface area contributed by atoms with Crippen LogP contribution in [0, 0.1) is 17.8 Å². The number of thioether (sulfide) groups is 1. The number of aromatic nitrogens is 3. The number of hydrogen-bond donors (Lipinski definition) is 1. The van der Waals surface area contributed by atoms with Crippen LogP contribution in [0.3, 0.4) is 0 Å². The normalized spacial score (nSPS) is 27.7. The molecule has 1 aromatic rings. The van der Waals surface area contributed by atoms with Crippen LogP contribution >= 0.6 is 11.8 Å². The Bertz CT molecular complexity index is 529. The molecule has 6 heteroatoms. The van der Waals surface area contributed by atoms with Crippen LogP contribution in [0.25, 0.3) is 0 Å². The van der Waals surface area contributed by atoms with Crippen LogP contribution in [-0.4, -0.2) is 31.6 Å². The summed E-state index contributed by atoms with van der Waals surface area (Å²) in [6, 6.07) is 0. The molecule has 3 atom stereocenters. The second-order valence-electron chi connectivity index (χ2n) is 6.81. The summed E-state index contributed by atoms with van der Waals surface area (Å²) in [6.07, 6.45) is 5.28. The second-order valence-corrected chi connectivity index (χ2v) is 7.75. The average molecular weight is 309 g/mol. The Morgan fingerprint density at radius 2 is 2.19 bits per heavy atom. The number of carbonyl (C=O) groups is 1. The van der Waals surface area contributed by atoms with E-state index in [4.69, 9.17) is 5.11 Å². The molecule has 2 bridgehead atoms. The van der Waals surface area contributed by atoms with Crippen LogP contribution in [0.2, 0.25) is 0 Å². The molecule has 3 unspecified atom stereocenters. The van der Waals surface area contributed by atoms with Gasteiger partial charge in [-0.25, -0.2) is 0 Å². The van der Waals surface area contributed by atoms with Crippen LogP contribution in [0.1, 0.15) is 51.3 Å². The number of carboxylic acids is 1. The average Bonchev–Trinajstić information content (AvgIpc) is 3.10. The second kappa shape index (κ2) is 5.99. The SMILES string of the molecule is CC(C)Cn1c(SCC(=O)O)nnc1C1CC2CCC1C2. The molecule has 0 amide bonds. The van der Waals surface area contributed by atoms with Gasteiger partial charge in [0.15, 0.2) is 5.16 Å².